The SMILES string of the molecule is Cc1ccc(CNC(=O)c2ccc3c(c2)NC(=O)C3)cc1. The molecule has 3 rings (SSSR count). The Bertz CT molecular complexity index is 705. The van der Waals surface area contributed by atoms with Crippen LogP contribution in [0.1, 0.15) is 27.0 Å². The number of hydrogen-bond acceptors (Lipinski definition) is 2. The van der Waals surface area contributed by atoms with Gasteiger partial charge in [-0.1, -0.05) is 35.9 Å². The van der Waals surface area contributed by atoms with Gasteiger partial charge >= 0.3 is 0 Å². The fourth-order valence-electron chi connectivity index (χ4n) is 2.35. The molecular formula is C17H16N2O2. The fourth-order valence-corrected chi connectivity index (χ4v) is 2.35. The molecule has 0 saturated carbocycles. The van der Waals surface area contributed by atoms with Crippen molar-refractivity contribution in [3.63, 3.8) is 0 Å². The molecule has 2 aromatic rings. The van der Waals surface area contributed by atoms with Crippen LogP contribution in [0.3, 0.4) is 0 Å². The van der Waals surface area contributed by atoms with E-state index >= 15 is 0 Å². The maximum Gasteiger partial charge on any atom is 0.251 e. The van der Waals surface area contributed by atoms with Gasteiger partial charge in [-0.05, 0) is 30.2 Å². The van der Waals surface area contributed by atoms with Crippen molar-refractivity contribution >= 4 is 17.5 Å². The number of fused-ring (bicyclic) bond motifs is 1. The van der Waals surface area contributed by atoms with Gasteiger partial charge in [0.15, 0.2) is 0 Å². The summed E-state index contributed by atoms with van der Waals surface area (Å²) < 4.78 is 0. The lowest BCUT2D eigenvalue weighted by atomic mass is 10.1. The molecule has 2 aromatic carbocycles. The molecule has 4 nitrogen and oxygen atoms in total. The number of carbonyl (C=O) groups is 2. The summed E-state index contributed by atoms with van der Waals surface area (Å²) in [6.45, 7) is 2.52. The third-order valence-corrected chi connectivity index (χ3v) is 3.57. The minimum atomic E-state index is -0.139. The van der Waals surface area contributed by atoms with Crippen molar-refractivity contribution in [2.45, 2.75) is 19.9 Å². The molecule has 2 amide bonds. The first-order valence-electron chi connectivity index (χ1n) is 6.88. The summed E-state index contributed by atoms with van der Waals surface area (Å²) in [7, 11) is 0. The number of rotatable bonds is 3. The molecule has 0 unspecified atom stereocenters. The molecule has 0 atom stereocenters. The lowest BCUT2D eigenvalue weighted by Crippen LogP contribution is -2.22. The first-order valence-corrected chi connectivity index (χ1v) is 6.88. The monoisotopic (exact) mass is 280 g/mol. The second-order valence-corrected chi connectivity index (χ2v) is 5.27. The summed E-state index contributed by atoms with van der Waals surface area (Å²) in [5, 5.41) is 5.64. The molecule has 4 heteroatoms. The van der Waals surface area contributed by atoms with E-state index in [9.17, 15) is 9.59 Å². The molecule has 1 aliphatic rings. The molecule has 21 heavy (non-hydrogen) atoms. The zero-order valence-corrected chi connectivity index (χ0v) is 11.8. The van der Waals surface area contributed by atoms with Gasteiger partial charge < -0.3 is 10.6 Å². The van der Waals surface area contributed by atoms with Crippen molar-refractivity contribution in [1.82, 2.24) is 5.32 Å². The fraction of sp³-hybridized carbons (Fsp3) is 0.176. The van der Waals surface area contributed by atoms with Crippen molar-refractivity contribution in [3.8, 4) is 0 Å². The van der Waals surface area contributed by atoms with E-state index in [-0.39, 0.29) is 11.8 Å². The van der Waals surface area contributed by atoms with Gasteiger partial charge in [0.2, 0.25) is 5.91 Å². The number of nitrogens with one attached hydrogen (secondary N) is 2. The van der Waals surface area contributed by atoms with Crippen LogP contribution in [-0.4, -0.2) is 11.8 Å². The molecule has 0 fully saturated rings. The van der Waals surface area contributed by atoms with E-state index in [2.05, 4.69) is 10.6 Å². The van der Waals surface area contributed by atoms with E-state index in [1.54, 1.807) is 12.1 Å². The normalized spacial score (nSPS) is 12.7. The molecule has 0 radical (unpaired) electrons. The highest BCUT2D eigenvalue weighted by Crippen LogP contribution is 2.23. The Hall–Kier alpha value is -2.62. The molecule has 0 aliphatic carbocycles. The summed E-state index contributed by atoms with van der Waals surface area (Å²) in [6.07, 6.45) is 0.389. The van der Waals surface area contributed by atoms with Crippen LogP contribution >= 0.6 is 0 Å². The standard InChI is InChI=1S/C17H16N2O2/c1-11-2-4-12(5-3-11)10-18-17(21)14-7-6-13-9-16(20)19-15(13)8-14/h2-8H,9-10H2,1H3,(H,18,21)(H,19,20). The van der Waals surface area contributed by atoms with E-state index in [1.165, 1.54) is 5.56 Å². The summed E-state index contributed by atoms with van der Waals surface area (Å²) in [5.41, 5.74) is 4.49. The summed E-state index contributed by atoms with van der Waals surface area (Å²) in [6, 6.07) is 13.3. The van der Waals surface area contributed by atoms with Gasteiger partial charge in [0.05, 0.1) is 6.42 Å². The van der Waals surface area contributed by atoms with Crippen LogP contribution in [0, 0.1) is 6.92 Å². The van der Waals surface area contributed by atoms with Crippen molar-refractivity contribution in [2.24, 2.45) is 0 Å². The Kier molecular flexibility index (Phi) is 3.44. The Morgan fingerprint density at radius 2 is 1.95 bits per heavy atom. The predicted octanol–water partition coefficient (Wildman–Crippen LogP) is 2.42. The predicted molar refractivity (Wildman–Crippen MR) is 81.1 cm³/mol. The first kappa shape index (κ1) is 13.4. The largest absolute Gasteiger partial charge is 0.348 e. The van der Waals surface area contributed by atoms with Crippen LogP contribution in [0.4, 0.5) is 5.69 Å². The Labute approximate surface area is 123 Å². The van der Waals surface area contributed by atoms with Gasteiger partial charge in [-0.25, -0.2) is 0 Å². The van der Waals surface area contributed by atoms with Crippen LogP contribution in [-0.2, 0) is 17.8 Å². The van der Waals surface area contributed by atoms with E-state index in [1.807, 2.05) is 37.3 Å². The van der Waals surface area contributed by atoms with E-state index < -0.39 is 0 Å². The lowest BCUT2D eigenvalue weighted by Gasteiger charge is -2.07. The molecular weight excluding hydrogens is 264 g/mol. The van der Waals surface area contributed by atoms with Gasteiger partial charge in [-0.3, -0.25) is 9.59 Å². The minimum Gasteiger partial charge on any atom is -0.348 e. The van der Waals surface area contributed by atoms with Crippen LogP contribution in [0.5, 0.6) is 0 Å². The van der Waals surface area contributed by atoms with E-state index in [4.69, 9.17) is 0 Å². The lowest BCUT2D eigenvalue weighted by molar-refractivity contribution is -0.115. The minimum absolute atomic E-state index is 0.0257. The molecule has 0 aromatic heterocycles. The molecule has 2 N–H and O–H groups in total. The Balaban J connectivity index is 1.67. The number of anilines is 1. The van der Waals surface area contributed by atoms with Crippen molar-refractivity contribution < 1.29 is 9.59 Å². The van der Waals surface area contributed by atoms with E-state index in [0.717, 1.165) is 16.8 Å². The summed E-state index contributed by atoms with van der Waals surface area (Å²) in [5.74, 6) is -0.165. The molecule has 0 spiro atoms. The second-order valence-electron chi connectivity index (χ2n) is 5.27. The highest BCUT2D eigenvalue weighted by atomic mass is 16.2. The first-order chi connectivity index (χ1) is 10.1. The summed E-state index contributed by atoms with van der Waals surface area (Å²) >= 11 is 0. The molecule has 106 valence electrons. The average molecular weight is 280 g/mol. The zero-order valence-electron chi connectivity index (χ0n) is 11.8. The van der Waals surface area contributed by atoms with Crippen molar-refractivity contribution in [3.05, 3.63) is 64.7 Å². The van der Waals surface area contributed by atoms with Crippen LogP contribution in [0.25, 0.3) is 0 Å². The van der Waals surface area contributed by atoms with Crippen LogP contribution < -0.4 is 10.6 Å². The molecule has 1 heterocycles. The zero-order chi connectivity index (χ0) is 14.8. The number of amides is 2. The van der Waals surface area contributed by atoms with Crippen molar-refractivity contribution in [2.75, 3.05) is 5.32 Å². The highest BCUT2D eigenvalue weighted by Gasteiger charge is 2.18. The number of aryl methyl sites for hydroxylation is 1. The smallest absolute Gasteiger partial charge is 0.251 e. The van der Waals surface area contributed by atoms with Crippen molar-refractivity contribution in [1.29, 1.82) is 0 Å². The summed E-state index contributed by atoms with van der Waals surface area (Å²) in [4.78, 5) is 23.5. The van der Waals surface area contributed by atoms with Crippen LogP contribution in [0.15, 0.2) is 42.5 Å². The Morgan fingerprint density at radius 1 is 1.19 bits per heavy atom. The second kappa shape index (κ2) is 5.40. The van der Waals surface area contributed by atoms with Gasteiger partial charge in [0.25, 0.3) is 5.91 Å². The highest BCUT2D eigenvalue weighted by molar-refractivity contribution is 6.02. The van der Waals surface area contributed by atoms with Gasteiger partial charge in [-0.15, -0.1) is 0 Å². The maximum atomic E-state index is 12.1. The Morgan fingerprint density at radius 3 is 2.71 bits per heavy atom. The van der Waals surface area contributed by atoms with Crippen LogP contribution in [0.2, 0.25) is 0 Å². The average Bonchev–Trinajstić information content (AvgIpc) is 2.85. The number of benzene rings is 2. The topological polar surface area (TPSA) is 58.2 Å². The van der Waals surface area contributed by atoms with Gasteiger partial charge in [0, 0.05) is 17.8 Å². The maximum absolute atomic E-state index is 12.1. The van der Waals surface area contributed by atoms with Gasteiger partial charge in [0.1, 0.15) is 0 Å². The third kappa shape index (κ3) is 2.94. The number of hydrogen-bond donors (Lipinski definition) is 2. The third-order valence-electron chi connectivity index (χ3n) is 3.57. The quantitative estimate of drug-likeness (QED) is 0.907. The molecule has 0 bridgehead atoms. The molecule has 0 saturated heterocycles. The molecule has 1 aliphatic heterocycles. The van der Waals surface area contributed by atoms with E-state index in [0.29, 0.717) is 18.5 Å². The number of carbonyl (C=O) groups excluding carboxylic acids is 2. The van der Waals surface area contributed by atoms with Gasteiger partial charge in [-0.2, -0.15) is 0 Å².